The summed E-state index contributed by atoms with van der Waals surface area (Å²) in [6.07, 6.45) is 0.231. The van der Waals surface area contributed by atoms with Gasteiger partial charge in [0.2, 0.25) is 17.7 Å². The zero-order chi connectivity index (χ0) is 22.7. The van der Waals surface area contributed by atoms with Crippen molar-refractivity contribution in [3.63, 3.8) is 0 Å². The number of aliphatic hydroxyl groups is 1. The second kappa shape index (κ2) is 13.1. The molecule has 0 fully saturated rings. The van der Waals surface area contributed by atoms with Crippen LogP contribution in [0.4, 0.5) is 0 Å². The molecule has 3 amide bonds. The fraction of sp³-hybridized carbons (Fsp3) is 0.444. The highest BCUT2D eigenvalue weighted by atomic mass is 32.1. The standard InChI is InChI=1S/C18H26N4O6S2/c19-11(6-10-4-2-1-3-5-10)15(24)20-12(7-23)16(25)21-13(8-29)17(26)22-14(9-30)18(27)28/h1-5,11-14,23,29-30H,6-9,19H2,(H,20,24)(H,21,25)(H,22,26)(H,27,28). The van der Waals surface area contributed by atoms with Crippen molar-refractivity contribution >= 4 is 48.9 Å². The number of carboxylic acid groups (broad SMARTS) is 1. The lowest BCUT2D eigenvalue weighted by atomic mass is 10.1. The van der Waals surface area contributed by atoms with Crippen LogP contribution in [0.15, 0.2) is 30.3 Å². The normalized spacial score (nSPS) is 14.7. The number of aliphatic carboxylic acids is 1. The van der Waals surface area contributed by atoms with Crippen molar-refractivity contribution in [2.75, 3.05) is 18.1 Å². The van der Waals surface area contributed by atoms with Crippen LogP contribution < -0.4 is 21.7 Å². The maximum absolute atomic E-state index is 12.4. The van der Waals surface area contributed by atoms with Gasteiger partial charge in [-0.1, -0.05) is 30.3 Å². The summed E-state index contributed by atoms with van der Waals surface area (Å²) in [4.78, 5) is 47.8. The number of amides is 3. The predicted molar refractivity (Wildman–Crippen MR) is 116 cm³/mol. The second-order valence-electron chi connectivity index (χ2n) is 6.37. The Kier molecular flexibility index (Phi) is 11.3. The molecule has 0 heterocycles. The molecule has 166 valence electrons. The largest absolute Gasteiger partial charge is 0.480 e. The molecule has 0 saturated carbocycles. The van der Waals surface area contributed by atoms with Crippen LogP contribution in [-0.4, -0.2) is 76.2 Å². The van der Waals surface area contributed by atoms with Crippen LogP contribution in [0, 0.1) is 0 Å². The summed E-state index contributed by atoms with van der Waals surface area (Å²) in [5, 5.41) is 25.3. The molecule has 1 aromatic rings. The van der Waals surface area contributed by atoms with Gasteiger partial charge < -0.3 is 31.9 Å². The maximum Gasteiger partial charge on any atom is 0.327 e. The van der Waals surface area contributed by atoms with Gasteiger partial charge in [-0.3, -0.25) is 14.4 Å². The average Bonchev–Trinajstić information content (AvgIpc) is 2.73. The van der Waals surface area contributed by atoms with Crippen molar-refractivity contribution in [2.24, 2.45) is 5.73 Å². The van der Waals surface area contributed by atoms with Gasteiger partial charge in [0.15, 0.2) is 0 Å². The molecule has 1 rings (SSSR count). The monoisotopic (exact) mass is 458 g/mol. The topological polar surface area (TPSA) is 171 Å². The van der Waals surface area contributed by atoms with Crippen molar-refractivity contribution in [3.05, 3.63) is 35.9 Å². The van der Waals surface area contributed by atoms with Crippen molar-refractivity contribution < 1.29 is 29.4 Å². The molecule has 0 aromatic heterocycles. The number of hydrogen-bond donors (Lipinski definition) is 8. The van der Waals surface area contributed by atoms with E-state index in [-0.39, 0.29) is 17.9 Å². The third-order valence-electron chi connectivity index (χ3n) is 4.06. The number of aliphatic hydroxyl groups excluding tert-OH is 1. The molecule has 12 heteroatoms. The van der Waals surface area contributed by atoms with Gasteiger partial charge >= 0.3 is 5.97 Å². The van der Waals surface area contributed by atoms with E-state index in [0.717, 1.165) is 5.56 Å². The lowest BCUT2D eigenvalue weighted by molar-refractivity contribution is -0.141. The first-order valence-corrected chi connectivity index (χ1v) is 10.3. The number of carboxylic acids is 1. The minimum atomic E-state index is -1.35. The van der Waals surface area contributed by atoms with Crippen molar-refractivity contribution in [1.82, 2.24) is 16.0 Å². The molecule has 0 spiro atoms. The summed E-state index contributed by atoms with van der Waals surface area (Å²) in [6, 6.07) is 4.29. The van der Waals surface area contributed by atoms with E-state index in [9.17, 15) is 24.3 Å². The summed E-state index contributed by atoms with van der Waals surface area (Å²) in [7, 11) is 0. The van der Waals surface area contributed by atoms with Gasteiger partial charge in [-0.2, -0.15) is 25.3 Å². The molecule has 0 bridgehead atoms. The number of carbonyl (C=O) groups excluding carboxylic acids is 3. The number of hydrogen-bond acceptors (Lipinski definition) is 8. The Morgan fingerprint density at radius 2 is 1.37 bits per heavy atom. The van der Waals surface area contributed by atoms with Gasteiger partial charge in [0.25, 0.3) is 0 Å². The van der Waals surface area contributed by atoms with Crippen LogP contribution in [-0.2, 0) is 25.6 Å². The SMILES string of the molecule is NC(Cc1ccccc1)C(=O)NC(CO)C(=O)NC(CS)C(=O)NC(CS)C(=O)O. The smallest absolute Gasteiger partial charge is 0.327 e. The van der Waals surface area contributed by atoms with Crippen LogP contribution in [0.1, 0.15) is 5.56 Å². The molecular weight excluding hydrogens is 432 g/mol. The number of nitrogens with one attached hydrogen (secondary N) is 3. The third-order valence-corrected chi connectivity index (χ3v) is 4.79. The molecule has 0 aliphatic rings. The quantitative estimate of drug-likeness (QED) is 0.167. The fourth-order valence-electron chi connectivity index (χ4n) is 2.36. The molecule has 4 unspecified atom stereocenters. The minimum absolute atomic E-state index is 0.143. The van der Waals surface area contributed by atoms with Crippen molar-refractivity contribution in [3.8, 4) is 0 Å². The molecule has 0 aliphatic carbocycles. The number of rotatable bonds is 12. The summed E-state index contributed by atoms with van der Waals surface area (Å²) in [6.45, 7) is -0.731. The highest BCUT2D eigenvalue weighted by Gasteiger charge is 2.29. The van der Waals surface area contributed by atoms with E-state index in [1.807, 2.05) is 6.07 Å². The Balaban J connectivity index is 2.68. The van der Waals surface area contributed by atoms with Crippen molar-refractivity contribution in [2.45, 2.75) is 30.6 Å². The lowest BCUT2D eigenvalue weighted by Gasteiger charge is -2.23. The van der Waals surface area contributed by atoms with Gasteiger partial charge in [0.05, 0.1) is 12.6 Å². The fourth-order valence-corrected chi connectivity index (χ4v) is 2.86. The van der Waals surface area contributed by atoms with E-state index in [4.69, 9.17) is 10.8 Å². The summed E-state index contributed by atoms with van der Waals surface area (Å²) in [5.74, 6) is -3.86. The summed E-state index contributed by atoms with van der Waals surface area (Å²) < 4.78 is 0. The van der Waals surface area contributed by atoms with E-state index in [2.05, 4.69) is 41.2 Å². The van der Waals surface area contributed by atoms with E-state index < -0.39 is 54.5 Å². The zero-order valence-electron chi connectivity index (χ0n) is 16.0. The summed E-state index contributed by atoms with van der Waals surface area (Å²) >= 11 is 7.82. The van der Waals surface area contributed by atoms with Gasteiger partial charge in [-0.25, -0.2) is 4.79 Å². The molecule has 4 atom stereocenters. The van der Waals surface area contributed by atoms with E-state index in [1.54, 1.807) is 24.3 Å². The molecule has 1 aromatic carbocycles. The molecule has 7 N–H and O–H groups in total. The van der Waals surface area contributed by atoms with Crippen LogP contribution >= 0.6 is 25.3 Å². The summed E-state index contributed by atoms with van der Waals surface area (Å²) in [5.41, 5.74) is 6.69. The van der Waals surface area contributed by atoms with Crippen LogP contribution in [0.3, 0.4) is 0 Å². The molecule has 0 saturated heterocycles. The Bertz CT molecular complexity index is 737. The first-order valence-electron chi connectivity index (χ1n) is 8.99. The first-order chi connectivity index (χ1) is 14.2. The second-order valence-corrected chi connectivity index (χ2v) is 7.10. The van der Waals surface area contributed by atoms with E-state index in [1.165, 1.54) is 0 Å². The number of benzene rings is 1. The molecule has 30 heavy (non-hydrogen) atoms. The van der Waals surface area contributed by atoms with Gasteiger partial charge in [0, 0.05) is 11.5 Å². The Morgan fingerprint density at radius 1 is 0.867 bits per heavy atom. The molecule has 10 nitrogen and oxygen atoms in total. The number of thiol groups is 2. The lowest BCUT2D eigenvalue weighted by Crippen LogP contribution is -2.58. The highest BCUT2D eigenvalue weighted by Crippen LogP contribution is 2.02. The number of carbonyl (C=O) groups is 4. The van der Waals surface area contributed by atoms with E-state index >= 15 is 0 Å². The third kappa shape index (κ3) is 8.22. The number of nitrogens with two attached hydrogens (primary N) is 1. The Hall–Kier alpha value is -2.28. The molecular formula is C18H26N4O6S2. The maximum atomic E-state index is 12.4. The molecule has 0 radical (unpaired) electrons. The van der Waals surface area contributed by atoms with Gasteiger partial charge in [0.1, 0.15) is 18.1 Å². The minimum Gasteiger partial charge on any atom is -0.480 e. The van der Waals surface area contributed by atoms with Gasteiger partial charge in [-0.15, -0.1) is 0 Å². The zero-order valence-corrected chi connectivity index (χ0v) is 17.8. The average molecular weight is 459 g/mol. The van der Waals surface area contributed by atoms with Crippen molar-refractivity contribution in [1.29, 1.82) is 0 Å². The first kappa shape index (κ1) is 25.8. The Morgan fingerprint density at radius 3 is 1.87 bits per heavy atom. The predicted octanol–water partition coefficient (Wildman–Crippen LogP) is -2.05. The van der Waals surface area contributed by atoms with Crippen LogP contribution in [0.2, 0.25) is 0 Å². The molecule has 0 aliphatic heterocycles. The van der Waals surface area contributed by atoms with Gasteiger partial charge in [-0.05, 0) is 12.0 Å². The Labute approximate surface area is 184 Å². The van der Waals surface area contributed by atoms with Crippen LogP contribution in [0.25, 0.3) is 0 Å². The highest BCUT2D eigenvalue weighted by molar-refractivity contribution is 7.80. The van der Waals surface area contributed by atoms with E-state index in [0.29, 0.717) is 0 Å². The van der Waals surface area contributed by atoms with Crippen LogP contribution in [0.5, 0.6) is 0 Å².